The van der Waals surface area contributed by atoms with Gasteiger partial charge in [0.1, 0.15) is 11.6 Å². The van der Waals surface area contributed by atoms with Gasteiger partial charge in [-0.1, -0.05) is 30.3 Å². The van der Waals surface area contributed by atoms with E-state index in [1.54, 1.807) is 24.5 Å². The molecule has 0 unspecified atom stereocenters. The fraction of sp³-hybridized carbons (Fsp3) is 0.0625. The fourth-order valence-electron chi connectivity index (χ4n) is 2.17. The van der Waals surface area contributed by atoms with Crippen molar-refractivity contribution >= 4 is 23.0 Å². The summed E-state index contributed by atoms with van der Waals surface area (Å²) in [5.74, 6) is -0.429. The summed E-state index contributed by atoms with van der Waals surface area (Å²) in [5, 5.41) is 12.0. The van der Waals surface area contributed by atoms with Crippen molar-refractivity contribution in [3.63, 3.8) is 0 Å². The zero-order valence-corrected chi connectivity index (χ0v) is 13.2. The smallest absolute Gasteiger partial charge is 0.340 e. The van der Waals surface area contributed by atoms with E-state index >= 15 is 0 Å². The highest BCUT2D eigenvalue weighted by atomic mass is 32.1. The highest BCUT2D eigenvalue weighted by Crippen LogP contribution is 2.25. The largest absolute Gasteiger partial charge is 0.456 e. The van der Waals surface area contributed by atoms with Crippen molar-refractivity contribution in [1.29, 1.82) is 0 Å². The summed E-state index contributed by atoms with van der Waals surface area (Å²) in [6, 6.07) is 13.2. The molecule has 0 amide bonds. The van der Waals surface area contributed by atoms with Crippen LogP contribution >= 0.6 is 11.3 Å². The Kier molecular flexibility index (Phi) is 3.72. The van der Waals surface area contributed by atoms with Gasteiger partial charge >= 0.3 is 5.97 Å². The lowest BCUT2D eigenvalue weighted by atomic mass is 10.2. The lowest BCUT2D eigenvalue weighted by Gasteiger charge is -2.02. The van der Waals surface area contributed by atoms with Crippen LogP contribution in [0.5, 0.6) is 0 Å². The molecule has 0 radical (unpaired) electrons. The second kappa shape index (κ2) is 6.17. The molecule has 118 valence electrons. The van der Waals surface area contributed by atoms with E-state index in [2.05, 4.69) is 20.5 Å². The van der Waals surface area contributed by atoms with Gasteiger partial charge in [0, 0.05) is 18.0 Å². The average molecular weight is 337 g/mol. The van der Waals surface area contributed by atoms with Crippen molar-refractivity contribution in [2.45, 2.75) is 6.61 Å². The number of hydrogen-bond donors (Lipinski definition) is 0. The first-order chi connectivity index (χ1) is 11.8. The quantitative estimate of drug-likeness (QED) is 0.532. The molecular formula is C16H11N5O2S. The maximum absolute atomic E-state index is 12.1. The maximum Gasteiger partial charge on any atom is 0.340 e. The summed E-state index contributed by atoms with van der Waals surface area (Å²) < 4.78 is 6.77. The number of rotatable bonds is 4. The molecule has 3 aromatic heterocycles. The van der Waals surface area contributed by atoms with E-state index in [9.17, 15) is 4.79 Å². The Balaban J connectivity index is 1.45. The van der Waals surface area contributed by atoms with E-state index in [1.807, 2.05) is 30.3 Å². The number of fused-ring (bicyclic) bond motifs is 1. The van der Waals surface area contributed by atoms with Gasteiger partial charge in [-0.25, -0.2) is 9.78 Å². The number of benzene rings is 1. The molecule has 0 spiro atoms. The lowest BCUT2D eigenvalue weighted by Crippen LogP contribution is -2.06. The van der Waals surface area contributed by atoms with E-state index in [0.29, 0.717) is 11.2 Å². The number of ether oxygens (including phenoxy) is 1. The predicted octanol–water partition coefficient (Wildman–Crippen LogP) is 2.60. The third-order valence-electron chi connectivity index (χ3n) is 3.35. The third kappa shape index (κ3) is 2.86. The molecule has 0 aliphatic heterocycles. The second-order valence-corrected chi connectivity index (χ2v) is 6.09. The van der Waals surface area contributed by atoms with Crippen LogP contribution in [-0.2, 0) is 11.3 Å². The molecule has 0 N–H and O–H groups in total. The Hall–Kier alpha value is -3.13. The topological polar surface area (TPSA) is 82.3 Å². The van der Waals surface area contributed by atoms with Gasteiger partial charge in [-0.3, -0.25) is 0 Å². The van der Waals surface area contributed by atoms with Crippen LogP contribution in [0.2, 0.25) is 0 Å². The molecule has 4 rings (SSSR count). The first kappa shape index (κ1) is 14.5. The van der Waals surface area contributed by atoms with Crippen molar-refractivity contribution in [1.82, 2.24) is 25.0 Å². The van der Waals surface area contributed by atoms with Crippen molar-refractivity contribution in [3.8, 4) is 10.6 Å². The van der Waals surface area contributed by atoms with Crippen LogP contribution in [0.1, 0.15) is 15.2 Å². The zero-order chi connectivity index (χ0) is 16.4. The van der Waals surface area contributed by atoms with Gasteiger partial charge in [0.05, 0.1) is 10.4 Å². The van der Waals surface area contributed by atoms with Crippen molar-refractivity contribution in [2.75, 3.05) is 0 Å². The van der Waals surface area contributed by atoms with Gasteiger partial charge in [-0.15, -0.1) is 16.4 Å². The van der Waals surface area contributed by atoms with E-state index < -0.39 is 5.97 Å². The fourth-order valence-corrected chi connectivity index (χ4v) is 3.00. The molecule has 1 aromatic carbocycles. The van der Waals surface area contributed by atoms with Gasteiger partial charge in [0.2, 0.25) is 0 Å². The average Bonchev–Trinajstić information content (AvgIpc) is 3.29. The number of carbonyl (C=O) groups is 1. The summed E-state index contributed by atoms with van der Waals surface area (Å²) in [5.41, 5.74) is 2.01. The Labute approximate surface area is 140 Å². The van der Waals surface area contributed by atoms with Crippen molar-refractivity contribution < 1.29 is 9.53 Å². The summed E-state index contributed by atoms with van der Waals surface area (Å²) in [6.45, 7) is 0.178. The Morgan fingerprint density at radius 3 is 2.92 bits per heavy atom. The first-order valence-corrected chi connectivity index (χ1v) is 7.96. The van der Waals surface area contributed by atoms with Crippen molar-refractivity contribution in [2.24, 2.45) is 0 Å². The minimum absolute atomic E-state index is 0.178. The molecular weight excluding hydrogens is 326 g/mol. The summed E-state index contributed by atoms with van der Waals surface area (Å²) in [4.78, 5) is 17.4. The Bertz CT molecular complexity index is 996. The van der Waals surface area contributed by atoms with Crippen LogP contribution in [0, 0.1) is 0 Å². The first-order valence-electron chi connectivity index (χ1n) is 7.14. The van der Waals surface area contributed by atoms with Crippen LogP contribution in [0.25, 0.3) is 16.2 Å². The molecule has 0 fully saturated rings. The molecule has 0 aliphatic rings. The number of hydrogen-bond acceptors (Lipinski definition) is 7. The molecule has 7 nitrogen and oxygen atoms in total. The standard InChI is InChI=1S/C16H11N5O2S/c22-16(12-6-7-14-18-19-20-21(14)9-12)23-10-13-8-17-15(24-13)11-4-2-1-3-5-11/h1-9H,10H2. The minimum Gasteiger partial charge on any atom is -0.456 e. The summed E-state index contributed by atoms with van der Waals surface area (Å²) in [7, 11) is 0. The van der Waals surface area contributed by atoms with Crippen LogP contribution in [0.15, 0.2) is 54.9 Å². The van der Waals surface area contributed by atoms with Crippen LogP contribution in [0.3, 0.4) is 0 Å². The number of aromatic nitrogens is 5. The molecule has 0 saturated heterocycles. The second-order valence-electron chi connectivity index (χ2n) is 4.97. The number of esters is 1. The van der Waals surface area contributed by atoms with E-state index in [1.165, 1.54) is 15.9 Å². The highest BCUT2D eigenvalue weighted by molar-refractivity contribution is 7.15. The Morgan fingerprint density at radius 1 is 1.17 bits per heavy atom. The number of thiazole rings is 1. The highest BCUT2D eigenvalue weighted by Gasteiger charge is 2.11. The van der Waals surface area contributed by atoms with Gasteiger partial charge < -0.3 is 4.74 Å². The van der Waals surface area contributed by atoms with E-state index in [0.717, 1.165) is 15.4 Å². The molecule has 0 bridgehead atoms. The molecule has 8 heteroatoms. The van der Waals surface area contributed by atoms with E-state index in [4.69, 9.17) is 4.74 Å². The third-order valence-corrected chi connectivity index (χ3v) is 4.37. The van der Waals surface area contributed by atoms with Gasteiger partial charge in [-0.05, 0) is 22.6 Å². The van der Waals surface area contributed by atoms with Crippen LogP contribution in [0.4, 0.5) is 0 Å². The molecule has 0 saturated carbocycles. The van der Waals surface area contributed by atoms with Crippen molar-refractivity contribution in [3.05, 3.63) is 65.3 Å². The van der Waals surface area contributed by atoms with E-state index in [-0.39, 0.29) is 6.61 Å². The summed E-state index contributed by atoms with van der Waals surface area (Å²) >= 11 is 1.50. The monoisotopic (exact) mass is 337 g/mol. The van der Waals surface area contributed by atoms with Crippen LogP contribution in [-0.4, -0.2) is 31.0 Å². The zero-order valence-electron chi connectivity index (χ0n) is 12.4. The molecule has 24 heavy (non-hydrogen) atoms. The lowest BCUT2D eigenvalue weighted by molar-refractivity contribution is 0.0476. The number of tetrazole rings is 1. The number of nitrogens with zero attached hydrogens (tertiary/aromatic N) is 5. The number of pyridine rings is 1. The molecule has 0 aliphatic carbocycles. The maximum atomic E-state index is 12.1. The van der Waals surface area contributed by atoms with Gasteiger partial charge in [0.15, 0.2) is 5.65 Å². The van der Waals surface area contributed by atoms with Crippen LogP contribution < -0.4 is 0 Å². The molecule has 0 atom stereocenters. The molecule has 3 heterocycles. The minimum atomic E-state index is -0.429. The molecule has 4 aromatic rings. The van der Waals surface area contributed by atoms with Gasteiger partial charge in [-0.2, -0.15) is 4.52 Å². The predicted molar refractivity (Wildman–Crippen MR) is 87.5 cm³/mol. The summed E-state index contributed by atoms with van der Waals surface area (Å²) in [6.07, 6.45) is 3.27. The number of carbonyl (C=O) groups excluding carboxylic acids is 1. The van der Waals surface area contributed by atoms with Gasteiger partial charge in [0.25, 0.3) is 0 Å². The Morgan fingerprint density at radius 2 is 2.04 bits per heavy atom. The SMILES string of the molecule is O=C(OCc1cnc(-c2ccccc2)s1)c1ccc2nnnn2c1. The normalized spacial score (nSPS) is 10.8.